The van der Waals surface area contributed by atoms with E-state index in [1.54, 1.807) is 12.3 Å². The zero-order valence-electron chi connectivity index (χ0n) is 18.0. The van der Waals surface area contributed by atoms with Gasteiger partial charge in [-0.15, -0.1) is 0 Å². The van der Waals surface area contributed by atoms with Gasteiger partial charge in [-0.05, 0) is 37.8 Å². The monoisotopic (exact) mass is 444 g/mol. The van der Waals surface area contributed by atoms with E-state index in [0.717, 1.165) is 41.9 Å². The number of nitrogens with one attached hydrogen (secondary N) is 2. The van der Waals surface area contributed by atoms with Gasteiger partial charge in [-0.1, -0.05) is 24.3 Å². The fraction of sp³-hybridized carbons (Fsp3) is 0.304. The van der Waals surface area contributed by atoms with Crippen LogP contribution >= 0.6 is 0 Å². The Morgan fingerprint density at radius 1 is 1.24 bits per heavy atom. The van der Waals surface area contributed by atoms with Gasteiger partial charge in [0.05, 0.1) is 23.8 Å². The number of aromatic carboxylic acids is 1. The van der Waals surface area contributed by atoms with Gasteiger partial charge in [-0.2, -0.15) is 5.26 Å². The minimum Gasteiger partial charge on any atom is -0.476 e. The van der Waals surface area contributed by atoms with Gasteiger partial charge in [0.25, 0.3) is 0 Å². The molecule has 168 valence electrons. The number of aryl methyl sites for hydroxylation is 1. The number of nitrogens with two attached hydrogens (primary N) is 1. The second-order valence-corrected chi connectivity index (χ2v) is 7.84. The van der Waals surface area contributed by atoms with Crippen molar-refractivity contribution in [1.29, 1.82) is 5.26 Å². The molecule has 3 aromatic rings. The molecule has 0 amide bonds. The van der Waals surface area contributed by atoms with Gasteiger partial charge >= 0.3 is 5.97 Å². The molecule has 0 saturated carbocycles. The van der Waals surface area contributed by atoms with Crippen LogP contribution in [0.15, 0.2) is 36.7 Å². The Hall–Kier alpha value is -4.10. The highest BCUT2D eigenvalue weighted by atomic mass is 16.4. The molecule has 1 aliphatic heterocycles. The molecule has 1 unspecified atom stereocenters. The molecule has 3 heterocycles. The van der Waals surface area contributed by atoms with Crippen LogP contribution in [0.25, 0.3) is 11.3 Å². The van der Waals surface area contributed by atoms with Crippen LogP contribution in [0.3, 0.4) is 0 Å². The summed E-state index contributed by atoms with van der Waals surface area (Å²) in [6, 6.07) is 10.0. The van der Waals surface area contributed by atoms with Crippen molar-refractivity contribution in [1.82, 2.24) is 25.3 Å². The normalized spacial score (nSPS) is 15.2. The van der Waals surface area contributed by atoms with Crippen molar-refractivity contribution in [3.63, 3.8) is 0 Å². The van der Waals surface area contributed by atoms with E-state index < -0.39 is 5.97 Å². The minimum absolute atomic E-state index is 0.0502. The van der Waals surface area contributed by atoms with Gasteiger partial charge in [0.15, 0.2) is 17.2 Å². The van der Waals surface area contributed by atoms with Crippen molar-refractivity contribution in [2.24, 2.45) is 0 Å². The highest BCUT2D eigenvalue weighted by Crippen LogP contribution is 2.21. The van der Waals surface area contributed by atoms with E-state index in [1.165, 1.54) is 19.0 Å². The summed E-state index contributed by atoms with van der Waals surface area (Å²) in [6.07, 6.45) is 7.07. The number of rotatable bonds is 8. The molecule has 5 N–H and O–H groups in total. The second-order valence-electron chi connectivity index (χ2n) is 7.84. The number of nitrogen functional groups attached to an aromatic ring is 1. The first-order chi connectivity index (χ1) is 16.0. The van der Waals surface area contributed by atoms with E-state index in [4.69, 9.17) is 16.0 Å². The third-order valence-electron chi connectivity index (χ3n) is 5.57. The Labute approximate surface area is 190 Å². The Bertz CT molecular complexity index is 1180. The molecule has 1 aliphatic rings. The summed E-state index contributed by atoms with van der Waals surface area (Å²) in [6.45, 7) is 1.41. The van der Waals surface area contributed by atoms with E-state index in [9.17, 15) is 9.90 Å². The highest BCUT2D eigenvalue weighted by molar-refractivity contribution is 5.90. The van der Waals surface area contributed by atoms with Gasteiger partial charge < -0.3 is 21.5 Å². The lowest BCUT2D eigenvalue weighted by Crippen LogP contribution is -2.22. The number of carboxylic acid groups (broad SMARTS) is 1. The largest absolute Gasteiger partial charge is 0.476 e. The molecule has 0 spiro atoms. The first-order valence-electron chi connectivity index (χ1n) is 10.7. The van der Waals surface area contributed by atoms with Crippen LogP contribution in [-0.2, 0) is 13.0 Å². The van der Waals surface area contributed by atoms with Crippen LogP contribution in [0.4, 0.5) is 11.6 Å². The Kier molecular flexibility index (Phi) is 6.71. The molecule has 1 aromatic carbocycles. The van der Waals surface area contributed by atoms with Crippen molar-refractivity contribution < 1.29 is 9.90 Å². The maximum absolute atomic E-state index is 11.4. The third-order valence-corrected chi connectivity index (χ3v) is 5.57. The first kappa shape index (κ1) is 22.1. The van der Waals surface area contributed by atoms with Crippen LogP contribution in [0.5, 0.6) is 0 Å². The predicted molar refractivity (Wildman–Crippen MR) is 122 cm³/mol. The summed E-state index contributed by atoms with van der Waals surface area (Å²) in [5.74, 6) is -0.675. The lowest BCUT2D eigenvalue weighted by Gasteiger charge is -2.12. The number of hydrogen-bond donors (Lipinski definition) is 4. The number of aromatic nitrogens is 4. The smallest absolute Gasteiger partial charge is 0.358 e. The van der Waals surface area contributed by atoms with Crippen LogP contribution in [-0.4, -0.2) is 43.6 Å². The molecule has 0 bridgehead atoms. The van der Waals surface area contributed by atoms with Gasteiger partial charge in [-0.25, -0.2) is 24.7 Å². The standard InChI is InChI=1S/C23H24N8O2/c24-10-17-12-29-22(20(30-17)23(32)33)28-11-14-3-5-15(6-4-14)19-13-27-21(25)18(31-19)8-7-16-2-1-9-26-16/h3-6,12-13,16,26H,1-2,7-9,11H2,(H2,25,27)(H,28,29)(H,32,33). The van der Waals surface area contributed by atoms with Gasteiger partial charge in [0, 0.05) is 18.2 Å². The van der Waals surface area contributed by atoms with Gasteiger partial charge in [0.1, 0.15) is 11.9 Å². The number of nitrogens with zero attached hydrogens (tertiary/aromatic N) is 5. The quantitative estimate of drug-likeness (QED) is 0.405. The molecule has 33 heavy (non-hydrogen) atoms. The van der Waals surface area contributed by atoms with Crippen molar-refractivity contribution in [3.8, 4) is 17.3 Å². The molecular weight excluding hydrogens is 420 g/mol. The van der Waals surface area contributed by atoms with Crippen molar-refractivity contribution in [3.05, 3.63) is 59.3 Å². The van der Waals surface area contributed by atoms with Crippen LogP contribution < -0.4 is 16.4 Å². The number of carbonyl (C=O) groups is 1. The molecule has 1 fully saturated rings. The number of benzene rings is 1. The fourth-order valence-corrected chi connectivity index (χ4v) is 3.77. The molecule has 1 atom stereocenters. The van der Waals surface area contributed by atoms with Crippen LogP contribution in [0, 0.1) is 11.3 Å². The summed E-state index contributed by atoms with van der Waals surface area (Å²) in [4.78, 5) is 28.3. The summed E-state index contributed by atoms with van der Waals surface area (Å²) in [5.41, 5.74) is 9.10. The Morgan fingerprint density at radius 3 is 2.76 bits per heavy atom. The molecular formula is C23H24N8O2. The summed E-state index contributed by atoms with van der Waals surface area (Å²) >= 11 is 0. The van der Waals surface area contributed by atoms with E-state index in [2.05, 4.69) is 25.6 Å². The van der Waals surface area contributed by atoms with Crippen molar-refractivity contribution in [2.75, 3.05) is 17.6 Å². The van der Waals surface area contributed by atoms with Crippen LogP contribution in [0.1, 0.15) is 46.7 Å². The second kappa shape index (κ2) is 10.0. The SMILES string of the molecule is N#Cc1cnc(NCc2ccc(-c3cnc(N)c(CCC4CCCN4)n3)cc2)c(C(=O)O)n1. The molecule has 10 heteroatoms. The highest BCUT2D eigenvalue weighted by Gasteiger charge is 2.16. The van der Waals surface area contributed by atoms with E-state index in [1.807, 2.05) is 24.3 Å². The number of carboxylic acids is 1. The topological polar surface area (TPSA) is 163 Å². The van der Waals surface area contributed by atoms with Crippen molar-refractivity contribution in [2.45, 2.75) is 38.3 Å². The maximum Gasteiger partial charge on any atom is 0.358 e. The van der Waals surface area contributed by atoms with Gasteiger partial charge in [0.2, 0.25) is 0 Å². The van der Waals surface area contributed by atoms with Gasteiger partial charge in [-0.3, -0.25) is 0 Å². The fourth-order valence-electron chi connectivity index (χ4n) is 3.77. The van der Waals surface area contributed by atoms with Crippen LogP contribution in [0.2, 0.25) is 0 Å². The zero-order valence-corrected chi connectivity index (χ0v) is 18.0. The lowest BCUT2D eigenvalue weighted by atomic mass is 10.1. The van der Waals surface area contributed by atoms with E-state index in [0.29, 0.717) is 18.4 Å². The summed E-state index contributed by atoms with van der Waals surface area (Å²) in [7, 11) is 0. The molecule has 0 radical (unpaired) electrons. The third kappa shape index (κ3) is 5.39. The average molecular weight is 444 g/mol. The number of nitriles is 1. The Balaban J connectivity index is 1.43. The zero-order chi connectivity index (χ0) is 23.2. The van der Waals surface area contributed by atoms with Crippen molar-refractivity contribution >= 4 is 17.6 Å². The molecule has 0 aliphatic carbocycles. The molecule has 2 aromatic heterocycles. The number of anilines is 2. The van der Waals surface area contributed by atoms with E-state index >= 15 is 0 Å². The minimum atomic E-state index is -1.25. The van der Waals surface area contributed by atoms with E-state index in [-0.39, 0.29) is 17.2 Å². The first-order valence-corrected chi connectivity index (χ1v) is 10.7. The summed E-state index contributed by atoms with van der Waals surface area (Å²) in [5, 5.41) is 24.7. The Morgan fingerprint density at radius 2 is 2.06 bits per heavy atom. The molecule has 4 rings (SSSR count). The maximum atomic E-state index is 11.4. The molecule has 10 nitrogen and oxygen atoms in total. The molecule has 1 saturated heterocycles. The summed E-state index contributed by atoms with van der Waals surface area (Å²) < 4.78 is 0. The predicted octanol–water partition coefficient (Wildman–Crippen LogP) is 2.38. The number of hydrogen-bond acceptors (Lipinski definition) is 9. The average Bonchev–Trinajstić information content (AvgIpc) is 3.36. The lowest BCUT2D eigenvalue weighted by molar-refractivity contribution is 0.0691.